The molecule has 15 nitrogen and oxygen atoms in total. The predicted molar refractivity (Wildman–Crippen MR) is 444 cm³/mol. The van der Waals surface area contributed by atoms with Crippen molar-refractivity contribution in [2.75, 3.05) is 0 Å². The molecule has 0 spiro atoms. The molecule has 114 heavy (non-hydrogen) atoms. The molecule has 0 saturated carbocycles. The van der Waals surface area contributed by atoms with Crippen LogP contribution in [-0.4, -0.2) is 68.9 Å². The zero-order valence-corrected chi connectivity index (χ0v) is 60.4. The molecule has 0 aliphatic carbocycles. The van der Waals surface area contributed by atoms with Crippen LogP contribution in [0.15, 0.2) is 346 Å². The van der Waals surface area contributed by atoms with Crippen LogP contribution in [0, 0.1) is 23.0 Å². The first kappa shape index (κ1) is 67.4. The van der Waals surface area contributed by atoms with Crippen molar-refractivity contribution in [3.8, 4) is 165 Å². The molecule has 0 atom stereocenters. The van der Waals surface area contributed by atoms with E-state index in [0.29, 0.717) is 131 Å². The number of hydrogen-bond acceptors (Lipinski definition) is 13. The second-order valence-corrected chi connectivity index (χ2v) is 27.4. The van der Waals surface area contributed by atoms with E-state index in [2.05, 4.69) is 15.2 Å². The van der Waals surface area contributed by atoms with Crippen LogP contribution in [0.4, 0.5) is 8.78 Å². The highest BCUT2D eigenvalue weighted by molar-refractivity contribution is 6.14. The summed E-state index contributed by atoms with van der Waals surface area (Å²) in [4.78, 5) is 62.1. The van der Waals surface area contributed by atoms with Crippen molar-refractivity contribution >= 4 is 43.6 Å². The van der Waals surface area contributed by atoms with Gasteiger partial charge in [0.25, 0.3) is 0 Å². The van der Waals surface area contributed by atoms with Gasteiger partial charge in [0.2, 0.25) is 0 Å². The Bertz CT molecular complexity index is 6160. The molecule has 20 rings (SSSR count). The van der Waals surface area contributed by atoms with Crippen LogP contribution in [0.3, 0.4) is 0 Å². The van der Waals surface area contributed by atoms with Gasteiger partial charge in [0, 0.05) is 99.9 Å². The van der Waals surface area contributed by atoms with E-state index in [1.165, 1.54) is 12.1 Å². The summed E-state index contributed by atoms with van der Waals surface area (Å²) in [6, 6.07) is 112. The molecular weight excluding hydrogens is 1410 g/mol. The molecule has 0 aliphatic heterocycles. The molecule has 0 N–H and O–H groups in total. The zero-order valence-electron chi connectivity index (χ0n) is 60.4. The van der Waals surface area contributed by atoms with E-state index in [1.807, 2.05) is 315 Å². The van der Waals surface area contributed by atoms with Gasteiger partial charge < -0.3 is 9.13 Å². The molecule has 6 heterocycles. The molecule has 20 aromatic rings. The summed E-state index contributed by atoms with van der Waals surface area (Å²) >= 11 is 0. The molecule has 534 valence electrons. The van der Waals surface area contributed by atoms with Gasteiger partial charge in [-0.15, -0.1) is 0 Å². The van der Waals surface area contributed by atoms with E-state index in [4.69, 9.17) is 59.8 Å². The Kier molecular flexibility index (Phi) is 16.9. The normalized spacial score (nSPS) is 11.4. The number of aromatic nitrogens is 14. The maximum Gasteiger partial charge on any atom is 0.164 e. The van der Waals surface area contributed by atoms with Crippen molar-refractivity contribution in [1.82, 2.24) is 68.9 Å². The summed E-state index contributed by atoms with van der Waals surface area (Å²) in [6.45, 7) is 0. The number of rotatable bonds is 15. The highest BCUT2D eigenvalue weighted by Crippen LogP contribution is 2.46. The number of halogens is 2. The predicted octanol–water partition coefficient (Wildman–Crippen LogP) is 22.4. The molecule has 17 heteroatoms. The highest BCUT2D eigenvalue weighted by atomic mass is 19.1. The fourth-order valence-corrected chi connectivity index (χ4v) is 14.9. The average molecular weight is 1470 g/mol. The number of hydrogen-bond donors (Lipinski definition) is 0. The maximum absolute atomic E-state index is 17.0. The minimum absolute atomic E-state index is 0.150. The topological polar surface area (TPSA) is 188 Å². The van der Waals surface area contributed by atoms with Gasteiger partial charge in [0.15, 0.2) is 69.9 Å². The molecule has 6 aromatic heterocycles. The van der Waals surface area contributed by atoms with Gasteiger partial charge in [-0.3, -0.25) is 0 Å². The van der Waals surface area contributed by atoms with Crippen LogP contribution in [0.2, 0.25) is 0 Å². The Morgan fingerprint density at radius 3 is 0.588 bits per heavy atom. The highest BCUT2D eigenvalue weighted by Gasteiger charge is 2.28. The lowest BCUT2D eigenvalue weighted by Crippen LogP contribution is -2.06. The standard InChI is InChI=1S/C97H57F2N15/c98-73-51-72(52-74(99)57-73)85-83(113-79-53-68(94-105-86(60-25-9-1-10-26-60)101-87(106-94)61-27-11-2-12-28-61)41-45-75(79)76-46-42-69(54-80(76)113)95-107-88(62-29-13-3-14-30-62)102-89(108-95)63-31-15-4-16-32-63)49-59(58-100)50-84(85)114-81-55-70(96-109-90(64-33-17-5-18-34-64)103-91(110-96)65-35-19-6-20-36-65)43-47-77(81)78-48-44-71(56-82(78)114)97-111-92(66-37-21-7-22-38-66)104-93(112-97)67-39-23-8-24-40-67/h1-57H. The minimum Gasteiger partial charge on any atom is -0.308 e. The quantitative estimate of drug-likeness (QED) is 0.0944. The Hall–Kier alpha value is -15.9. The van der Waals surface area contributed by atoms with Crippen LogP contribution in [-0.2, 0) is 0 Å². The van der Waals surface area contributed by atoms with Crippen molar-refractivity contribution in [3.63, 3.8) is 0 Å². The first-order valence-corrected chi connectivity index (χ1v) is 36.9. The second-order valence-electron chi connectivity index (χ2n) is 27.4. The summed E-state index contributed by atoms with van der Waals surface area (Å²) in [5.74, 6) is 3.49. The summed E-state index contributed by atoms with van der Waals surface area (Å²) < 4.78 is 38.2. The number of nitrogens with zero attached hydrogens (tertiary/aromatic N) is 15. The molecule has 0 unspecified atom stereocenters. The van der Waals surface area contributed by atoms with Crippen molar-refractivity contribution in [1.29, 1.82) is 5.26 Å². The van der Waals surface area contributed by atoms with Gasteiger partial charge in [0.05, 0.1) is 45.1 Å². The Morgan fingerprint density at radius 2 is 0.395 bits per heavy atom. The van der Waals surface area contributed by atoms with Gasteiger partial charge in [-0.05, 0) is 54.1 Å². The van der Waals surface area contributed by atoms with Crippen molar-refractivity contribution in [2.45, 2.75) is 0 Å². The van der Waals surface area contributed by atoms with E-state index < -0.39 is 11.6 Å². The Balaban J connectivity index is 0.904. The van der Waals surface area contributed by atoms with Crippen LogP contribution in [0.25, 0.3) is 203 Å². The fourth-order valence-electron chi connectivity index (χ4n) is 14.9. The van der Waals surface area contributed by atoms with Crippen molar-refractivity contribution < 1.29 is 8.78 Å². The summed E-state index contributed by atoms with van der Waals surface area (Å²) in [5, 5.41) is 15.1. The largest absolute Gasteiger partial charge is 0.308 e. The first-order valence-electron chi connectivity index (χ1n) is 36.9. The van der Waals surface area contributed by atoms with E-state index in [1.54, 1.807) is 12.1 Å². The second kappa shape index (κ2) is 28.6. The molecular formula is C97H57F2N15. The van der Waals surface area contributed by atoms with E-state index in [9.17, 15) is 5.26 Å². The van der Waals surface area contributed by atoms with Crippen molar-refractivity contribution in [3.05, 3.63) is 363 Å². The third-order valence-electron chi connectivity index (χ3n) is 20.2. The van der Waals surface area contributed by atoms with Crippen LogP contribution >= 0.6 is 0 Å². The molecule has 0 fully saturated rings. The molecule has 14 aromatic carbocycles. The Morgan fingerprint density at radius 1 is 0.202 bits per heavy atom. The third-order valence-corrected chi connectivity index (χ3v) is 20.2. The third kappa shape index (κ3) is 12.6. The first-order chi connectivity index (χ1) is 56.2. The summed E-state index contributed by atoms with van der Waals surface area (Å²) in [6.07, 6.45) is 0. The summed E-state index contributed by atoms with van der Waals surface area (Å²) in [7, 11) is 0. The molecule has 0 aliphatic rings. The lowest BCUT2D eigenvalue weighted by Gasteiger charge is -2.21. The van der Waals surface area contributed by atoms with E-state index in [0.717, 1.165) is 72.1 Å². The van der Waals surface area contributed by atoms with Gasteiger partial charge in [-0.25, -0.2) is 68.6 Å². The molecule has 0 bridgehead atoms. The minimum atomic E-state index is -0.835. The fraction of sp³-hybridized carbons (Fsp3) is 0. The molecule has 0 amide bonds. The van der Waals surface area contributed by atoms with Crippen molar-refractivity contribution in [2.24, 2.45) is 0 Å². The van der Waals surface area contributed by atoms with E-state index in [-0.39, 0.29) is 11.1 Å². The SMILES string of the molecule is N#Cc1cc(-n2c3cc(-c4nc(-c5ccccc5)nc(-c5ccccc5)n4)ccc3c3ccc(-c4nc(-c5ccccc5)nc(-c5ccccc5)n4)cc32)c(-c2cc(F)cc(F)c2)c(-n2c3cc(-c4nc(-c5ccccc5)nc(-c5ccccc5)n4)ccc3c3ccc(-c4nc(-c5ccccc5)nc(-c5ccccc5)n4)cc32)c1. The zero-order chi connectivity index (χ0) is 76.2. The molecule has 0 saturated heterocycles. The van der Waals surface area contributed by atoms with Gasteiger partial charge >= 0.3 is 0 Å². The monoisotopic (exact) mass is 1470 g/mol. The van der Waals surface area contributed by atoms with E-state index >= 15 is 8.78 Å². The van der Waals surface area contributed by atoms with Gasteiger partial charge in [-0.2, -0.15) is 5.26 Å². The van der Waals surface area contributed by atoms with Crippen LogP contribution in [0.1, 0.15) is 5.56 Å². The number of nitriles is 1. The smallest absolute Gasteiger partial charge is 0.164 e. The summed E-state index contributed by atoms with van der Waals surface area (Å²) in [5.41, 5.74) is 12.7. The van der Waals surface area contributed by atoms with Crippen LogP contribution < -0.4 is 0 Å². The number of fused-ring (bicyclic) bond motifs is 6. The lowest BCUT2D eigenvalue weighted by atomic mass is 9.97. The maximum atomic E-state index is 17.0. The molecule has 0 radical (unpaired) electrons. The Labute approximate surface area is 651 Å². The van der Waals surface area contributed by atoms with Gasteiger partial charge in [-0.1, -0.05) is 291 Å². The number of benzene rings is 14. The average Bonchev–Trinajstić information content (AvgIpc) is 1.60. The van der Waals surface area contributed by atoms with Gasteiger partial charge in [0.1, 0.15) is 11.6 Å². The lowest BCUT2D eigenvalue weighted by molar-refractivity contribution is 0.584. The van der Waals surface area contributed by atoms with Crippen LogP contribution in [0.5, 0.6) is 0 Å².